The third kappa shape index (κ3) is 0.896. The highest BCUT2D eigenvalue weighted by Crippen LogP contribution is 2.26. The Morgan fingerprint density at radius 2 is 2.33 bits per heavy atom. The molecule has 0 amide bonds. The van der Waals surface area contributed by atoms with Crippen molar-refractivity contribution >= 4 is 17.5 Å². The molecular formula is C7H7N3OS. The lowest BCUT2D eigenvalue weighted by molar-refractivity contribution is 0.729. The van der Waals surface area contributed by atoms with Crippen LogP contribution < -0.4 is 5.56 Å². The van der Waals surface area contributed by atoms with Crippen molar-refractivity contribution in [1.29, 1.82) is 0 Å². The van der Waals surface area contributed by atoms with Crippen molar-refractivity contribution in [3.63, 3.8) is 0 Å². The van der Waals surface area contributed by atoms with Crippen LogP contribution in [0.15, 0.2) is 16.5 Å². The second-order valence-electron chi connectivity index (χ2n) is 2.56. The molecule has 1 aliphatic rings. The molecule has 0 unspecified atom stereocenters. The molecule has 0 saturated carbocycles. The van der Waals surface area contributed by atoms with E-state index in [-0.39, 0.29) is 5.56 Å². The molecule has 12 heavy (non-hydrogen) atoms. The van der Waals surface area contributed by atoms with Gasteiger partial charge in [0.2, 0.25) is 0 Å². The molecule has 0 spiro atoms. The number of aryl methyl sites for hydroxylation is 1. The molecular weight excluding hydrogens is 174 g/mol. The Labute approximate surface area is 73.3 Å². The lowest BCUT2D eigenvalue weighted by Crippen LogP contribution is -2.23. The molecule has 0 radical (unpaired) electrons. The minimum atomic E-state index is -0.102. The molecule has 62 valence electrons. The van der Waals surface area contributed by atoms with Crippen molar-refractivity contribution in [2.45, 2.75) is 12.1 Å². The summed E-state index contributed by atoms with van der Waals surface area (Å²) < 4.78 is 1.52. The van der Waals surface area contributed by atoms with E-state index in [4.69, 9.17) is 0 Å². The van der Waals surface area contributed by atoms with E-state index in [9.17, 15) is 4.79 Å². The van der Waals surface area contributed by atoms with Gasteiger partial charge in [0.15, 0.2) is 5.16 Å². The number of hydrogen-bond donors (Lipinski definition) is 0. The monoisotopic (exact) mass is 181 g/mol. The van der Waals surface area contributed by atoms with E-state index in [1.54, 1.807) is 6.92 Å². The first-order valence-electron chi connectivity index (χ1n) is 3.47. The van der Waals surface area contributed by atoms with E-state index in [0.29, 0.717) is 10.9 Å². The third-order valence-electron chi connectivity index (χ3n) is 1.67. The molecule has 0 fully saturated rings. The summed E-state index contributed by atoms with van der Waals surface area (Å²) in [5.74, 6) is 0.730. The highest BCUT2D eigenvalue weighted by molar-refractivity contribution is 7.99. The molecule has 1 aliphatic heterocycles. The molecule has 1 aromatic heterocycles. The summed E-state index contributed by atoms with van der Waals surface area (Å²) in [7, 11) is 0. The smallest absolute Gasteiger partial charge is 0.267 e. The Bertz CT molecular complexity index is 410. The Balaban J connectivity index is 2.80. The van der Waals surface area contributed by atoms with Gasteiger partial charge in [-0.15, -0.1) is 10.2 Å². The number of hydrogen-bond acceptors (Lipinski definition) is 4. The van der Waals surface area contributed by atoms with Crippen LogP contribution in [-0.4, -0.2) is 20.5 Å². The molecule has 0 N–H and O–H groups in total. The molecule has 0 bridgehead atoms. The molecule has 4 nitrogen and oxygen atoms in total. The van der Waals surface area contributed by atoms with E-state index < -0.39 is 0 Å². The van der Waals surface area contributed by atoms with Gasteiger partial charge in [-0.1, -0.05) is 18.3 Å². The van der Waals surface area contributed by atoms with Crippen LogP contribution in [0, 0.1) is 6.92 Å². The summed E-state index contributed by atoms with van der Waals surface area (Å²) >= 11 is 1.49. The number of rotatable bonds is 0. The summed E-state index contributed by atoms with van der Waals surface area (Å²) in [6.45, 7) is 5.42. The predicted molar refractivity (Wildman–Crippen MR) is 47.1 cm³/mol. The Kier molecular flexibility index (Phi) is 1.54. The van der Waals surface area contributed by atoms with Gasteiger partial charge in [-0.3, -0.25) is 9.36 Å². The van der Waals surface area contributed by atoms with Gasteiger partial charge in [-0.2, -0.15) is 0 Å². The molecule has 0 saturated heterocycles. The van der Waals surface area contributed by atoms with Crippen LogP contribution in [0.1, 0.15) is 5.69 Å². The van der Waals surface area contributed by atoms with Crippen LogP contribution >= 0.6 is 11.8 Å². The van der Waals surface area contributed by atoms with Gasteiger partial charge in [-0.05, 0) is 6.92 Å². The van der Waals surface area contributed by atoms with Gasteiger partial charge in [0.1, 0.15) is 5.69 Å². The average Bonchev–Trinajstić information content (AvgIpc) is 2.41. The molecule has 5 heteroatoms. The zero-order valence-corrected chi connectivity index (χ0v) is 7.39. The Morgan fingerprint density at radius 3 is 3.08 bits per heavy atom. The van der Waals surface area contributed by atoms with Crippen molar-refractivity contribution in [3.05, 3.63) is 22.6 Å². The van der Waals surface area contributed by atoms with E-state index in [2.05, 4.69) is 16.8 Å². The second kappa shape index (κ2) is 2.45. The number of thioether (sulfide) groups is 1. The lowest BCUT2D eigenvalue weighted by Gasteiger charge is -2.00. The number of nitrogens with zero attached hydrogens (tertiary/aromatic N) is 3. The van der Waals surface area contributed by atoms with Gasteiger partial charge < -0.3 is 0 Å². The highest BCUT2D eigenvalue weighted by atomic mass is 32.2. The fraction of sp³-hybridized carbons (Fsp3) is 0.286. The summed E-state index contributed by atoms with van der Waals surface area (Å²) in [5, 5.41) is 8.27. The standard InChI is InChI=1S/C7H7N3OS/c1-4-3-12-7-9-8-5(2)6(11)10(4)7/h1,3H2,2H3. The first-order chi connectivity index (χ1) is 5.70. The Morgan fingerprint density at radius 1 is 1.58 bits per heavy atom. The van der Waals surface area contributed by atoms with E-state index in [1.807, 2.05) is 0 Å². The highest BCUT2D eigenvalue weighted by Gasteiger charge is 2.18. The van der Waals surface area contributed by atoms with Crippen LogP contribution in [0.4, 0.5) is 0 Å². The topological polar surface area (TPSA) is 47.8 Å². The molecule has 0 aromatic carbocycles. The van der Waals surface area contributed by atoms with Gasteiger partial charge in [0, 0.05) is 11.4 Å². The van der Waals surface area contributed by atoms with Crippen LogP contribution in [0.5, 0.6) is 0 Å². The van der Waals surface area contributed by atoms with E-state index in [0.717, 1.165) is 11.4 Å². The maximum atomic E-state index is 11.5. The Hall–Kier alpha value is -1.10. The molecule has 2 heterocycles. The normalized spacial score (nSPS) is 14.9. The zero-order valence-electron chi connectivity index (χ0n) is 6.57. The minimum Gasteiger partial charge on any atom is -0.267 e. The summed E-state index contributed by atoms with van der Waals surface area (Å²) in [6, 6.07) is 0. The van der Waals surface area contributed by atoms with Crippen LogP contribution in [0.2, 0.25) is 0 Å². The van der Waals surface area contributed by atoms with Crippen LogP contribution in [0.3, 0.4) is 0 Å². The average molecular weight is 181 g/mol. The maximum Gasteiger partial charge on any atom is 0.280 e. The van der Waals surface area contributed by atoms with E-state index >= 15 is 0 Å². The van der Waals surface area contributed by atoms with Gasteiger partial charge >= 0.3 is 0 Å². The summed E-state index contributed by atoms with van der Waals surface area (Å²) in [4.78, 5) is 11.5. The van der Waals surface area contributed by atoms with Crippen molar-refractivity contribution in [2.75, 3.05) is 5.75 Å². The van der Waals surface area contributed by atoms with Crippen molar-refractivity contribution < 1.29 is 0 Å². The van der Waals surface area contributed by atoms with Crippen molar-refractivity contribution in [1.82, 2.24) is 14.8 Å². The lowest BCUT2D eigenvalue weighted by atomic mass is 10.5. The second-order valence-corrected chi connectivity index (χ2v) is 3.51. The van der Waals surface area contributed by atoms with Gasteiger partial charge in [-0.25, -0.2) is 0 Å². The molecule has 0 atom stereocenters. The SMILES string of the molecule is C=C1CSc2nnc(C)c(=O)n21. The molecule has 0 aliphatic carbocycles. The first-order valence-corrected chi connectivity index (χ1v) is 4.46. The van der Waals surface area contributed by atoms with Crippen molar-refractivity contribution in [3.8, 4) is 0 Å². The fourth-order valence-electron chi connectivity index (χ4n) is 1.04. The predicted octanol–water partition coefficient (Wildman–Crippen LogP) is 0.523. The molecule has 1 aromatic rings. The first kappa shape index (κ1) is 7.54. The zero-order chi connectivity index (χ0) is 8.72. The summed E-state index contributed by atoms with van der Waals surface area (Å²) in [5.41, 5.74) is 1.11. The van der Waals surface area contributed by atoms with Gasteiger partial charge in [0.25, 0.3) is 5.56 Å². The van der Waals surface area contributed by atoms with Crippen molar-refractivity contribution in [2.24, 2.45) is 0 Å². The van der Waals surface area contributed by atoms with Crippen LogP contribution in [0.25, 0.3) is 5.70 Å². The maximum absolute atomic E-state index is 11.5. The fourth-order valence-corrected chi connectivity index (χ4v) is 1.90. The number of aromatic nitrogens is 3. The minimum absolute atomic E-state index is 0.102. The molecule has 2 rings (SSSR count). The largest absolute Gasteiger partial charge is 0.280 e. The third-order valence-corrected chi connectivity index (χ3v) is 2.67. The quantitative estimate of drug-likeness (QED) is 0.585. The van der Waals surface area contributed by atoms with E-state index in [1.165, 1.54) is 16.3 Å². The van der Waals surface area contributed by atoms with Crippen LogP contribution in [-0.2, 0) is 0 Å². The number of fused-ring (bicyclic) bond motifs is 1. The summed E-state index contributed by atoms with van der Waals surface area (Å²) in [6.07, 6.45) is 0. The van der Waals surface area contributed by atoms with Gasteiger partial charge in [0.05, 0.1) is 0 Å².